The van der Waals surface area contributed by atoms with Crippen LogP contribution in [0.5, 0.6) is 0 Å². The van der Waals surface area contributed by atoms with Crippen LogP contribution in [0.1, 0.15) is 54.1 Å². The summed E-state index contributed by atoms with van der Waals surface area (Å²) in [5, 5.41) is 16.3. The van der Waals surface area contributed by atoms with Gasteiger partial charge in [-0.25, -0.2) is 14.8 Å². The average molecular weight is 540 g/mol. The maximum Gasteiger partial charge on any atom is 0.420 e. The van der Waals surface area contributed by atoms with Crippen LogP contribution in [0.2, 0.25) is 0 Å². The molecule has 4 N–H and O–H groups in total. The van der Waals surface area contributed by atoms with E-state index in [1.54, 1.807) is 35.1 Å². The van der Waals surface area contributed by atoms with Gasteiger partial charge in [0.05, 0.1) is 23.3 Å². The number of piperidine rings is 1. The molecule has 2 aromatic heterocycles. The number of hydrogen-bond acceptors (Lipinski definition) is 6. The Morgan fingerprint density at radius 1 is 1.13 bits per heavy atom. The van der Waals surface area contributed by atoms with Crippen LogP contribution < -0.4 is 11.1 Å². The molecule has 2 amide bonds. The summed E-state index contributed by atoms with van der Waals surface area (Å²) >= 11 is 0. The van der Waals surface area contributed by atoms with Crippen molar-refractivity contribution in [1.82, 2.24) is 24.6 Å². The lowest BCUT2D eigenvalue weighted by Gasteiger charge is -2.29. The number of amides is 2. The van der Waals surface area contributed by atoms with Gasteiger partial charge in [-0.15, -0.1) is 0 Å². The van der Waals surface area contributed by atoms with Gasteiger partial charge in [0.25, 0.3) is 0 Å². The Morgan fingerprint density at radius 2 is 1.85 bits per heavy atom. The molecule has 39 heavy (non-hydrogen) atoms. The van der Waals surface area contributed by atoms with E-state index >= 15 is 0 Å². The number of primary amides is 1. The quantitative estimate of drug-likeness (QED) is 0.421. The molecule has 1 aliphatic carbocycles. The molecule has 0 unspecified atom stereocenters. The zero-order valence-corrected chi connectivity index (χ0v) is 20.6. The number of nitrogens with zero attached hydrogens (tertiary/aromatic N) is 5. The number of nitrogens with two attached hydrogens (primary N) is 1. The highest BCUT2D eigenvalue weighted by atomic mass is 19.4. The first kappa shape index (κ1) is 26.0. The summed E-state index contributed by atoms with van der Waals surface area (Å²) in [6.45, 7) is 0.771. The molecule has 0 bridgehead atoms. The molecule has 1 saturated carbocycles. The molecule has 5 rings (SSSR count). The number of likely N-dealkylation sites (tertiary alicyclic amines) is 1. The number of aromatic nitrogens is 4. The number of carbonyl (C=O) groups excluding carboxylic acids is 1. The Bertz CT molecular complexity index is 1480. The monoisotopic (exact) mass is 539 g/mol. The van der Waals surface area contributed by atoms with Gasteiger partial charge >= 0.3 is 12.3 Å². The van der Waals surface area contributed by atoms with Crippen molar-refractivity contribution in [1.29, 1.82) is 0 Å². The molecule has 1 aromatic carbocycles. The van der Waals surface area contributed by atoms with Crippen molar-refractivity contribution in [3.63, 3.8) is 0 Å². The Morgan fingerprint density at radius 3 is 2.49 bits per heavy atom. The van der Waals surface area contributed by atoms with Gasteiger partial charge in [-0.2, -0.15) is 18.3 Å². The molecular weight excluding hydrogens is 515 g/mol. The lowest BCUT2D eigenvalue weighted by atomic mass is 9.91. The van der Waals surface area contributed by atoms with E-state index in [4.69, 9.17) is 10.8 Å². The fourth-order valence-corrected chi connectivity index (χ4v) is 4.71. The first-order valence-electron chi connectivity index (χ1n) is 12.2. The third kappa shape index (κ3) is 5.36. The van der Waals surface area contributed by atoms with E-state index in [9.17, 15) is 22.8 Å². The van der Waals surface area contributed by atoms with Crippen molar-refractivity contribution >= 4 is 23.6 Å². The standard InChI is InChI=1S/C26H24F3N7O3/c27-26(28,29)20-14-31-23(33-17-13-32-36(15-17)18-7-11-35(12-8-18)24(38)39)34-21(20)6-5-16-3-1-2-4-19(16)25(9-10-25)22(30)37/h1-4,13-15,18H,7-12H2,(H2,30,37)(H,38,39)(H,31,33,34). The SMILES string of the molecule is NC(=O)C1(c2ccccc2C#Cc2nc(Nc3cnn(C4CCN(C(=O)O)CC4)c3)ncc2C(F)(F)F)CC1. The van der Waals surface area contributed by atoms with Crippen LogP contribution in [0, 0.1) is 11.8 Å². The second-order valence-electron chi connectivity index (χ2n) is 9.53. The summed E-state index contributed by atoms with van der Waals surface area (Å²) in [5.41, 5.74) is 4.58. The van der Waals surface area contributed by atoms with Crippen molar-refractivity contribution in [3.05, 3.63) is 65.2 Å². The van der Waals surface area contributed by atoms with E-state index in [2.05, 4.69) is 32.2 Å². The van der Waals surface area contributed by atoms with Crippen molar-refractivity contribution in [3.8, 4) is 11.8 Å². The minimum Gasteiger partial charge on any atom is -0.465 e. The van der Waals surface area contributed by atoms with Gasteiger partial charge in [-0.1, -0.05) is 24.1 Å². The minimum absolute atomic E-state index is 0.0127. The molecule has 2 fully saturated rings. The van der Waals surface area contributed by atoms with Gasteiger partial charge in [0.2, 0.25) is 11.9 Å². The van der Waals surface area contributed by atoms with Crippen LogP contribution in [-0.2, 0) is 16.4 Å². The van der Waals surface area contributed by atoms with Gasteiger partial charge in [-0.3, -0.25) is 9.48 Å². The Balaban J connectivity index is 1.39. The number of hydrogen-bond donors (Lipinski definition) is 3. The first-order valence-corrected chi connectivity index (χ1v) is 12.2. The fourth-order valence-electron chi connectivity index (χ4n) is 4.71. The van der Waals surface area contributed by atoms with Crippen LogP contribution in [0.15, 0.2) is 42.9 Å². The normalized spacial score (nSPS) is 16.7. The molecule has 3 aromatic rings. The van der Waals surface area contributed by atoms with E-state index in [0.717, 1.165) is 0 Å². The summed E-state index contributed by atoms with van der Waals surface area (Å²) in [6, 6.07) is 6.75. The number of nitrogens with one attached hydrogen (secondary N) is 1. The highest BCUT2D eigenvalue weighted by Crippen LogP contribution is 2.49. The van der Waals surface area contributed by atoms with Crippen LogP contribution in [-0.4, -0.2) is 54.8 Å². The van der Waals surface area contributed by atoms with Gasteiger partial charge in [0.1, 0.15) is 11.3 Å². The third-order valence-electron chi connectivity index (χ3n) is 7.04. The van der Waals surface area contributed by atoms with E-state index < -0.39 is 34.8 Å². The molecule has 13 heteroatoms. The third-order valence-corrected chi connectivity index (χ3v) is 7.04. The second-order valence-corrected chi connectivity index (χ2v) is 9.53. The summed E-state index contributed by atoms with van der Waals surface area (Å²) in [7, 11) is 0. The maximum absolute atomic E-state index is 13.7. The molecule has 1 aliphatic heterocycles. The van der Waals surface area contributed by atoms with Crippen molar-refractivity contribution in [2.45, 2.75) is 43.3 Å². The molecule has 3 heterocycles. The zero-order valence-electron chi connectivity index (χ0n) is 20.6. The molecule has 10 nitrogen and oxygen atoms in total. The highest BCUT2D eigenvalue weighted by Gasteiger charge is 2.51. The second kappa shape index (κ2) is 9.94. The number of benzene rings is 1. The van der Waals surface area contributed by atoms with Crippen LogP contribution in [0.4, 0.5) is 29.6 Å². The molecular formula is C26H24F3N7O3. The largest absolute Gasteiger partial charge is 0.465 e. The zero-order chi connectivity index (χ0) is 27.8. The highest BCUT2D eigenvalue weighted by molar-refractivity contribution is 5.90. The van der Waals surface area contributed by atoms with Gasteiger partial charge in [-0.05, 0) is 43.2 Å². The van der Waals surface area contributed by atoms with E-state index in [0.29, 0.717) is 61.8 Å². The topological polar surface area (TPSA) is 139 Å². The smallest absolute Gasteiger partial charge is 0.420 e. The van der Waals surface area contributed by atoms with Crippen molar-refractivity contribution in [2.75, 3.05) is 18.4 Å². The van der Waals surface area contributed by atoms with Crippen LogP contribution in [0.25, 0.3) is 0 Å². The Kier molecular flexibility index (Phi) is 6.63. The molecule has 2 aliphatic rings. The maximum atomic E-state index is 13.7. The summed E-state index contributed by atoms with van der Waals surface area (Å²) in [6.07, 6.45) is 0.425. The number of halogens is 3. The van der Waals surface area contributed by atoms with Gasteiger partial charge in [0.15, 0.2) is 0 Å². The van der Waals surface area contributed by atoms with Crippen LogP contribution in [0.3, 0.4) is 0 Å². The summed E-state index contributed by atoms with van der Waals surface area (Å²) < 4.78 is 42.9. The summed E-state index contributed by atoms with van der Waals surface area (Å²) in [4.78, 5) is 32.3. The first-order chi connectivity index (χ1) is 18.6. The van der Waals surface area contributed by atoms with Gasteiger partial charge < -0.3 is 21.1 Å². The molecule has 0 spiro atoms. The van der Waals surface area contributed by atoms with E-state index in [1.165, 1.54) is 11.1 Å². The summed E-state index contributed by atoms with van der Waals surface area (Å²) in [5.74, 6) is 4.69. The average Bonchev–Trinajstić information content (AvgIpc) is 3.60. The Labute approximate surface area is 221 Å². The van der Waals surface area contributed by atoms with Crippen LogP contribution >= 0.6 is 0 Å². The molecule has 0 radical (unpaired) electrons. The molecule has 202 valence electrons. The van der Waals surface area contributed by atoms with Gasteiger partial charge in [0, 0.05) is 31.0 Å². The van der Waals surface area contributed by atoms with Crippen molar-refractivity contribution in [2.24, 2.45) is 5.73 Å². The number of rotatable bonds is 5. The van der Waals surface area contributed by atoms with E-state index in [1.807, 2.05) is 0 Å². The predicted molar refractivity (Wildman–Crippen MR) is 133 cm³/mol. The number of carboxylic acid groups (broad SMARTS) is 1. The lowest BCUT2D eigenvalue weighted by molar-refractivity contribution is -0.138. The van der Waals surface area contributed by atoms with E-state index in [-0.39, 0.29) is 12.0 Å². The fraction of sp³-hybridized carbons (Fsp3) is 0.346. The molecule has 0 atom stereocenters. The lowest BCUT2D eigenvalue weighted by Crippen LogP contribution is -2.38. The Hall–Kier alpha value is -4.60. The minimum atomic E-state index is -4.73. The van der Waals surface area contributed by atoms with Crippen molar-refractivity contribution < 1.29 is 27.9 Å². The number of carbonyl (C=O) groups is 2. The predicted octanol–water partition coefficient (Wildman–Crippen LogP) is 3.67. The number of anilines is 2. The molecule has 1 saturated heterocycles. The number of alkyl halides is 3.